The summed E-state index contributed by atoms with van der Waals surface area (Å²) in [5, 5.41) is 6.15. The third-order valence-corrected chi connectivity index (χ3v) is 4.12. The Kier molecular flexibility index (Phi) is 4.30. The Morgan fingerprint density at radius 2 is 1.52 bits per heavy atom. The van der Waals surface area contributed by atoms with Gasteiger partial charge in [-0.3, -0.25) is 0 Å². The van der Waals surface area contributed by atoms with Gasteiger partial charge >= 0.3 is 6.03 Å². The van der Waals surface area contributed by atoms with Gasteiger partial charge in [0.05, 0.1) is 0 Å². The summed E-state index contributed by atoms with van der Waals surface area (Å²) in [7, 11) is 0. The van der Waals surface area contributed by atoms with Gasteiger partial charge in [-0.05, 0) is 60.7 Å². The first-order chi connectivity index (χ1) is 13.1. The third kappa shape index (κ3) is 3.79. The second-order valence-corrected chi connectivity index (χ2v) is 6.08. The summed E-state index contributed by atoms with van der Waals surface area (Å²) in [6.45, 7) is 0. The van der Waals surface area contributed by atoms with Gasteiger partial charge in [0.1, 0.15) is 11.6 Å². The van der Waals surface area contributed by atoms with E-state index in [9.17, 15) is 13.6 Å². The lowest BCUT2D eigenvalue weighted by atomic mass is 10.1. The van der Waals surface area contributed by atoms with Crippen LogP contribution in [0.2, 0.25) is 0 Å². The van der Waals surface area contributed by atoms with Crippen molar-refractivity contribution in [2.24, 2.45) is 0 Å². The molecule has 0 aliphatic heterocycles. The molecule has 2 amide bonds. The summed E-state index contributed by atoms with van der Waals surface area (Å²) in [6.07, 6.45) is 0. The van der Waals surface area contributed by atoms with E-state index in [1.54, 1.807) is 12.1 Å². The van der Waals surface area contributed by atoms with Gasteiger partial charge in [-0.15, -0.1) is 0 Å². The van der Waals surface area contributed by atoms with Crippen LogP contribution >= 0.6 is 0 Å². The normalized spacial score (nSPS) is 10.7. The number of anilines is 2. The number of aromatic nitrogens is 1. The maximum Gasteiger partial charge on any atom is 0.323 e. The average Bonchev–Trinajstić information content (AvgIpc) is 3.07. The lowest BCUT2D eigenvalue weighted by molar-refractivity contribution is 0.262. The Bertz CT molecular complexity index is 1120. The largest absolute Gasteiger partial charge is 0.355 e. The average molecular weight is 363 g/mol. The Morgan fingerprint density at radius 1 is 0.778 bits per heavy atom. The molecule has 3 aromatic carbocycles. The number of rotatable bonds is 3. The van der Waals surface area contributed by atoms with Crippen LogP contribution in [-0.4, -0.2) is 11.0 Å². The van der Waals surface area contributed by atoms with E-state index >= 15 is 0 Å². The number of carbonyl (C=O) groups is 1. The highest BCUT2D eigenvalue weighted by Gasteiger charge is 2.07. The summed E-state index contributed by atoms with van der Waals surface area (Å²) in [6, 6.07) is 18.8. The van der Waals surface area contributed by atoms with E-state index in [-0.39, 0.29) is 11.6 Å². The van der Waals surface area contributed by atoms with E-state index in [4.69, 9.17) is 0 Å². The van der Waals surface area contributed by atoms with Crippen molar-refractivity contribution < 1.29 is 13.6 Å². The molecule has 4 aromatic rings. The van der Waals surface area contributed by atoms with E-state index in [0.717, 1.165) is 22.2 Å². The topological polar surface area (TPSA) is 56.9 Å². The minimum absolute atomic E-state index is 0.291. The van der Waals surface area contributed by atoms with Crippen LogP contribution in [0.4, 0.5) is 25.0 Å². The van der Waals surface area contributed by atoms with Crippen LogP contribution in [0.25, 0.3) is 22.2 Å². The number of benzene rings is 3. The molecule has 0 radical (unpaired) electrons. The Balaban J connectivity index is 1.52. The number of urea groups is 1. The summed E-state index contributed by atoms with van der Waals surface area (Å²) >= 11 is 0. The SMILES string of the molecule is O=C(Nc1ccc(F)cc1)Nc1cccc(-c2cc3cc(F)ccc3[nH]2)c1. The summed E-state index contributed by atoms with van der Waals surface area (Å²) < 4.78 is 26.3. The summed E-state index contributed by atoms with van der Waals surface area (Å²) in [5.41, 5.74) is 3.59. The molecule has 6 heteroatoms. The maximum absolute atomic E-state index is 13.4. The molecule has 4 nitrogen and oxygen atoms in total. The number of halogens is 2. The summed E-state index contributed by atoms with van der Waals surface area (Å²) in [4.78, 5) is 15.4. The molecule has 0 bridgehead atoms. The van der Waals surface area contributed by atoms with Crippen molar-refractivity contribution in [3.8, 4) is 11.3 Å². The molecule has 0 fully saturated rings. The quantitative estimate of drug-likeness (QED) is 0.426. The van der Waals surface area contributed by atoms with Gasteiger partial charge in [0, 0.05) is 33.5 Å². The van der Waals surface area contributed by atoms with E-state index in [2.05, 4.69) is 15.6 Å². The molecular weight excluding hydrogens is 348 g/mol. The second-order valence-electron chi connectivity index (χ2n) is 6.08. The van der Waals surface area contributed by atoms with Crippen LogP contribution in [0.1, 0.15) is 0 Å². The standard InChI is InChI=1S/C21H15F2N3O/c22-15-4-7-17(8-5-15)24-21(27)25-18-3-1-2-13(11-18)20-12-14-10-16(23)6-9-19(14)26-20/h1-12,26H,(H2,24,25,27). The summed E-state index contributed by atoms with van der Waals surface area (Å²) in [5.74, 6) is -0.659. The molecule has 134 valence electrons. The molecule has 4 rings (SSSR count). The smallest absolute Gasteiger partial charge is 0.323 e. The number of amides is 2. The van der Waals surface area contributed by atoms with Crippen LogP contribution in [-0.2, 0) is 0 Å². The molecule has 27 heavy (non-hydrogen) atoms. The van der Waals surface area contributed by atoms with Crippen molar-refractivity contribution in [3.05, 3.63) is 84.4 Å². The fraction of sp³-hybridized carbons (Fsp3) is 0. The zero-order valence-electron chi connectivity index (χ0n) is 14.1. The molecule has 0 saturated carbocycles. The minimum Gasteiger partial charge on any atom is -0.355 e. The van der Waals surface area contributed by atoms with Crippen LogP contribution in [0, 0.1) is 11.6 Å². The number of nitrogens with one attached hydrogen (secondary N) is 3. The van der Waals surface area contributed by atoms with Crippen LogP contribution in [0.15, 0.2) is 72.8 Å². The fourth-order valence-electron chi connectivity index (χ4n) is 2.85. The second kappa shape index (κ2) is 6.92. The van der Waals surface area contributed by atoms with Crippen molar-refractivity contribution in [1.29, 1.82) is 0 Å². The molecule has 0 spiro atoms. The fourth-order valence-corrected chi connectivity index (χ4v) is 2.85. The number of hydrogen-bond acceptors (Lipinski definition) is 1. The van der Waals surface area contributed by atoms with Gasteiger partial charge in [0.25, 0.3) is 0 Å². The zero-order chi connectivity index (χ0) is 18.8. The molecule has 1 aromatic heterocycles. The first-order valence-electron chi connectivity index (χ1n) is 8.29. The monoisotopic (exact) mass is 363 g/mol. The number of hydrogen-bond donors (Lipinski definition) is 3. The van der Waals surface area contributed by atoms with Crippen LogP contribution < -0.4 is 10.6 Å². The molecule has 0 atom stereocenters. The van der Waals surface area contributed by atoms with E-state index in [1.807, 2.05) is 24.3 Å². The highest BCUT2D eigenvalue weighted by atomic mass is 19.1. The van der Waals surface area contributed by atoms with Gasteiger partial charge < -0.3 is 15.6 Å². The molecule has 0 aliphatic rings. The Hall–Kier alpha value is -3.67. The molecule has 1 heterocycles. The first-order valence-corrected chi connectivity index (χ1v) is 8.29. The van der Waals surface area contributed by atoms with Crippen molar-refractivity contribution in [2.45, 2.75) is 0 Å². The maximum atomic E-state index is 13.4. The van der Waals surface area contributed by atoms with Gasteiger partial charge in [0.2, 0.25) is 0 Å². The molecule has 0 unspecified atom stereocenters. The van der Waals surface area contributed by atoms with Crippen LogP contribution in [0.5, 0.6) is 0 Å². The van der Waals surface area contributed by atoms with Crippen LogP contribution in [0.3, 0.4) is 0 Å². The number of fused-ring (bicyclic) bond motifs is 1. The number of H-pyrrole nitrogens is 1. The molecular formula is C21H15F2N3O. The van der Waals surface area contributed by atoms with E-state index < -0.39 is 6.03 Å². The van der Waals surface area contributed by atoms with Crippen molar-refractivity contribution >= 4 is 28.3 Å². The van der Waals surface area contributed by atoms with Crippen molar-refractivity contribution in [3.63, 3.8) is 0 Å². The lowest BCUT2D eigenvalue weighted by Gasteiger charge is -2.09. The number of aromatic amines is 1. The molecule has 3 N–H and O–H groups in total. The molecule has 0 aliphatic carbocycles. The van der Waals surface area contributed by atoms with Gasteiger partial charge in [-0.2, -0.15) is 0 Å². The predicted octanol–water partition coefficient (Wildman–Crippen LogP) is 5.76. The van der Waals surface area contributed by atoms with Crippen molar-refractivity contribution in [1.82, 2.24) is 4.98 Å². The Morgan fingerprint density at radius 3 is 2.33 bits per heavy atom. The van der Waals surface area contributed by atoms with Gasteiger partial charge in [0.15, 0.2) is 0 Å². The third-order valence-electron chi connectivity index (χ3n) is 4.12. The minimum atomic E-state index is -0.433. The first kappa shape index (κ1) is 16.8. The predicted molar refractivity (Wildman–Crippen MR) is 103 cm³/mol. The lowest BCUT2D eigenvalue weighted by Crippen LogP contribution is -2.19. The van der Waals surface area contributed by atoms with E-state index in [0.29, 0.717) is 11.4 Å². The van der Waals surface area contributed by atoms with Crippen molar-refractivity contribution in [2.75, 3.05) is 10.6 Å². The molecule has 0 saturated heterocycles. The highest BCUT2D eigenvalue weighted by molar-refractivity contribution is 6.00. The number of carbonyl (C=O) groups excluding carboxylic acids is 1. The van der Waals surface area contributed by atoms with Gasteiger partial charge in [-0.1, -0.05) is 12.1 Å². The highest BCUT2D eigenvalue weighted by Crippen LogP contribution is 2.26. The van der Waals surface area contributed by atoms with E-state index in [1.165, 1.54) is 36.4 Å². The zero-order valence-corrected chi connectivity index (χ0v) is 14.1. The Labute approximate surface area is 153 Å². The van der Waals surface area contributed by atoms with Gasteiger partial charge in [-0.25, -0.2) is 13.6 Å².